The second-order valence-electron chi connectivity index (χ2n) is 9.80. The standard InChI is InChI=1S/C25H34N2O6S/c1-5-32-25(29)19-8-10-26(11-9-19)24(28)23-18(4)21-13-20(6-7-22(21)33-23)34(30,31)27-14-16(2)12-17(3)15-27/h6-7,13,16-17,19H,5,8-12,14-15H2,1-4H3/t16-,17-/m0/s1. The molecule has 2 saturated heterocycles. The molecule has 1 amide bonds. The number of ether oxygens (including phenoxy) is 1. The zero-order chi connectivity index (χ0) is 24.6. The highest BCUT2D eigenvalue weighted by molar-refractivity contribution is 7.89. The predicted octanol–water partition coefficient (Wildman–Crippen LogP) is 3.82. The monoisotopic (exact) mass is 490 g/mol. The molecule has 8 nitrogen and oxygen atoms in total. The van der Waals surface area contributed by atoms with Crippen molar-refractivity contribution in [1.82, 2.24) is 9.21 Å². The van der Waals surface area contributed by atoms with Gasteiger partial charge in [-0.1, -0.05) is 13.8 Å². The van der Waals surface area contributed by atoms with Crippen molar-refractivity contribution in [1.29, 1.82) is 0 Å². The number of amides is 1. The first-order chi connectivity index (χ1) is 16.1. The van der Waals surface area contributed by atoms with Crippen molar-refractivity contribution in [2.45, 2.75) is 51.9 Å². The fourth-order valence-electron chi connectivity index (χ4n) is 5.24. The number of sulfonamides is 1. The van der Waals surface area contributed by atoms with Crippen LogP contribution in [0.15, 0.2) is 27.5 Å². The van der Waals surface area contributed by atoms with Gasteiger partial charge in [0.2, 0.25) is 10.0 Å². The van der Waals surface area contributed by atoms with E-state index < -0.39 is 10.0 Å². The van der Waals surface area contributed by atoms with Crippen molar-refractivity contribution in [3.8, 4) is 0 Å². The number of furan rings is 1. The number of nitrogens with zero attached hydrogens (tertiary/aromatic N) is 2. The first kappa shape index (κ1) is 24.7. The number of carbonyl (C=O) groups excluding carboxylic acids is 2. The van der Waals surface area contributed by atoms with Gasteiger partial charge in [-0.2, -0.15) is 4.31 Å². The molecule has 0 bridgehead atoms. The zero-order valence-corrected chi connectivity index (χ0v) is 21.2. The van der Waals surface area contributed by atoms with Crippen LogP contribution < -0.4 is 0 Å². The molecule has 0 aliphatic carbocycles. The molecule has 186 valence electrons. The average molecular weight is 491 g/mol. The molecule has 34 heavy (non-hydrogen) atoms. The van der Waals surface area contributed by atoms with Crippen LogP contribution in [-0.2, 0) is 19.6 Å². The quantitative estimate of drug-likeness (QED) is 0.591. The number of fused-ring (bicyclic) bond motifs is 1. The third kappa shape index (κ3) is 4.73. The Morgan fingerprint density at radius 3 is 2.38 bits per heavy atom. The summed E-state index contributed by atoms with van der Waals surface area (Å²) in [5.41, 5.74) is 1.12. The van der Waals surface area contributed by atoms with E-state index >= 15 is 0 Å². The molecule has 9 heteroatoms. The maximum Gasteiger partial charge on any atom is 0.309 e. The third-order valence-corrected chi connectivity index (χ3v) is 8.80. The number of piperidine rings is 2. The largest absolute Gasteiger partial charge is 0.466 e. The van der Waals surface area contributed by atoms with E-state index in [0.717, 1.165) is 6.42 Å². The summed E-state index contributed by atoms with van der Waals surface area (Å²) in [5, 5.41) is 0.629. The molecule has 0 N–H and O–H groups in total. The molecule has 4 rings (SSSR count). The molecule has 2 aliphatic rings. The van der Waals surface area contributed by atoms with Crippen molar-refractivity contribution >= 4 is 32.9 Å². The Kier molecular flexibility index (Phi) is 7.05. The molecule has 2 fully saturated rings. The average Bonchev–Trinajstić information content (AvgIpc) is 3.14. The van der Waals surface area contributed by atoms with Crippen molar-refractivity contribution in [3.05, 3.63) is 29.5 Å². The number of esters is 1. The van der Waals surface area contributed by atoms with E-state index in [1.165, 1.54) is 0 Å². The van der Waals surface area contributed by atoms with Crippen LogP contribution in [0.5, 0.6) is 0 Å². The normalized spacial score (nSPS) is 22.8. The summed E-state index contributed by atoms with van der Waals surface area (Å²) < 4.78 is 39.2. The second kappa shape index (κ2) is 9.70. The minimum atomic E-state index is -3.63. The molecule has 0 spiro atoms. The topological polar surface area (TPSA) is 97.1 Å². The summed E-state index contributed by atoms with van der Waals surface area (Å²) in [6, 6.07) is 4.82. The van der Waals surface area contributed by atoms with E-state index in [0.29, 0.717) is 74.0 Å². The summed E-state index contributed by atoms with van der Waals surface area (Å²) >= 11 is 0. The van der Waals surface area contributed by atoms with Gasteiger partial charge in [-0.05, 0) is 63.1 Å². The molecule has 2 aliphatic heterocycles. The number of benzene rings is 1. The smallest absolute Gasteiger partial charge is 0.309 e. The fourth-order valence-corrected chi connectivity index (χ4v) is 6.94. The lowest BCUT2D eigenvalue weighted by Crippen LogP contribution is -2.42. The maximum absolute atomic E-state index is 13.3. The Balaban J connectivity index is 1.55. The lowest BCUT2D eigenvalue weighted by molar-refractivity contribution is -0.149. The van der Waals surface area contributed by atoms with Crippen LogP contribution in [0.1, 0.15) is 56.2 Å². The predicted molar refractivity (Wildman–Crippen MR) is 128 cm³/mol. The molecule has 0 saturated carbocycles. The number of carbonyl (C=O) groups is 2. The lowest BCUT2D eigenvalue weighted by atomic mass is 9.94. The van der Waals surface area contributed by atoms with Crippen molar-refractivity contribution in [3.63, 3.8) is 0 Å². The van der Waals surface area contributed by atoms with Crippen molar-refractivity contribution in [2.75, 3.05) is 32.8 Å². The second-order valence-corrected chi connectivity index (χ2v) is 11.7. The molecule has 3 heterocycles. The lowest BCUT2D eigenvalue weighted by Gasteiger charge is -2.34. The van der Waals surface area contributed by atoms with E-state index in [9.17, 15) is 18.0 Å². The van der Waals surface area contributed by atoms with E-state index in [-0.39, 0.29) is 28.5 Å². The van der Waals surface area contributed by atoms with Crippen molar-refractivity contribution in [2.24, 2.45) is 17.8 Å². The van der Waals surface area contributed by atoms with Gasteiger partial charge in [0.1, 0.15) is 5.58 Å². The van der Waals surface area contributed by atoms with Crippen molar-refractivity contribution < 1.29 is 27.2 Å². The Bertz CT molecular complexity index is 1170. The van der Waals surface area contributed by atoms with E-state index in [1.54, 1.807) is 41.3 Å². The van der Waals surface area contributed by atoms with Gasteiger partial charge in [0, 0.05) is 37.1 Å². The highest BCUT2D eigenvalue weighted by Gasteiger charge is 2.33. The molecule has 1 aromatic carbocycles. The van der Waals surface area contributed by atoms with E-state index in [2.05, 4.69) is 13.8 Å². The Hall–Kier alpha value is -2.39. The number of aryl methyl sites for hydroxylation is 1. The SMILES string of the molecule is CCOC(=O)C1CCN(C(=O)c2oc3ccc(S(=O)(=O)N4C[C@@H](C)C[C@H](C)C4)cc3c2C)CC1. The van der Waals surface area contributed by atoms with Crippen LogP contribution in [0.2, 0.25) is 0 Å². The van der Waals surface area contributed by atoms with Crippen LogP contribution in [0.25, 0.3) is 11.0 Å². The molecular weight excluding hydrogens is 456 g/mol. The third-order valence-electron chi connectivity index (χ3n) is 6.98. The first-order valence-electron chi connectivity index (χ1n) is 12.1. The van der Waals surface area contributed by atoms with Gasteiger partial charge in [-0.25, -0.2) is 8.42 Å². The summed E-state index contributed by atoms with van der Waals surface area (Å²) in [6.45, 7) is 10.00. The molecule has 1 aromatic heterocycles. The molecule has 2 aromatic rings. The maximum atomic E-state index is 13.3. The van der Waals surface area contributed by atoms with Crippen LogP contribution in [0.3, 0.4) is 0 Å². The van der Waals surface area contributed by atoms with Gasteiger partial charge < -0.3 is 14.1 Å². The summed E-state index contributed by atoms with van der Waals surface area (Å²) in [5.74, 6) is 0.221. The van der Waals surface area contributed by atoms with E-state index in [1.807, 2.05) is 0 Å². The molecule has 0 unspecified atom stereocenters. The van der Waals surface area contributed by atoms with Gasteiger partial charge >= 0.3 is 5.97 Å². The minimum Gasteiger partial charge on any atom is -0.466 e. The molecule has 0 radical (unpaired) electrons. The van der Waals surface area contributed by atoms with Crippen LogP contribution >= 0.6 is 0 Å². The van der Waals surface area contributed by atoms with Crippen LogP contribution in [0, 0.1) is 24.7 Å². The van der Waals surface area contributed by atoms with Gasteiger partial charge in [0.25, 0.3) is 5.91 Å². The highest BCUT2D eigenvalue weighted by Crippen LogP contribution is 2.32. The highest BCUT2D eigenvalue weighted by atomic mass is 32.2. The number of hydrogen-bond acceptors (Lipinski definition) is 6. The number of hydrogen-bond donors (Lipinski definition) is 0. The van der Waals surface area contributed by atoms with Gasteiger partial charge in [0.05, 0.1) is 17.4 Å². The number of rotatable bonds is 5. The molecular formula is C25H34N2O6S. The minimum absolute atomic E-state index is 0.186. The van der Waals surface area contributed by atoms with Crippen LogP contribution in [-0.4, -0.2) is 62.3 Å². The fraction of sp³-hybridized carbons (Fsp3) is 0.600. The molecule has 2 atom stereocenters. The van der Waals surface area contributed by atoms with Gasteiger partial charge in [-0.3, -0.25) is 9.59 Å². The first-order valence-corrected chi connectivity index (χ1v) is 13.5. The van der Waals surface area contributed by atoms with Crippen LogP contribution in [0.4, 0.5) is 0 Å². The Morgan fingerprint density at radius 1 is 1.12 bits per heavy atom. The van der Waals surface area contributed by atoms with Gasteiger partial charge in [-0.15, -0.1) is 0 Å². The zero-order valence-electron chi connectivity index (χ0n) is 20.4. The Morgan fingerprint density at radius 2 is 1.76 bits per heavy atom. The Labute approximate surface area is 201 Å². The van der Waals surface area contributed by atoms with E-state index in [4.69, 9.17) is 9.15 Å². The summed E-state index contributed by atoms with van der Waals surface area (Å²) in [4.78, 5) is 27.1. The number of likely N-dealkylation sites (tertiary alicyclic amines) is 1. The summed E-state index contributed by atoms with van der Waals surface area (Å²) in [6.07, 6.45) is 2.13. The summed E-state index contributed by atoms with van der Waals surface area (Å²) in [7, 11) is -3.63. The van der Waals surface area contributed by atoms with Gasteiger partial charge in [0.15, 0.2) is 5.76 Å².